The van der Waals surface area contributed by atoms with Gasteiger partial charge in [0.1, 0.15) is 5.82 Å². The van der Waals surface area contributed by atoms with Crippen molar-refractivity contribution in [3.05, 3.63) is 90.0 Å². The van der Waals surface area contributed by atoms with Crippen molar-refractivity contribution in [2.75, 3.05) is 11.4 Å². The van der Waals surface area contributed by atoms with Gasteiger partial charge in [0.15, 0.2) is 0 Å². The summed E-state index contributed by atoms with van der Waals surface area (Å²) in [6.07, 6.45) is 5.02. The van der Waals surface area contributed by atoms with Gasteiger partial charge < -0.3 is 9.47 Å². The monoisotopic (exact) mass is 334 g/mol. The highest BCUT2D eigenvalue weighted by molar-refractivity contribution is 5.95. The number of para-hydroxylation sites is 1. The van der Waals surface area contributed by atoms with Crippen LogP contribution in [0.15, 0.2) is 73.1 Å². The first-order valence-electron chi connectivity index (χ1n) is 8.48. The standard InChI is InChI=1S/C21H19FN2O/c22-18-8-5-7-17(14-18)20(23-11-3-4-12-23)15-21(25)24-13-10-16-6-1-2-9-19(16)24/h1-9,11-12,14,20H,10,13,15H2/t20-/m1/s1. The molecule has 126 valence electrons. The molecule has 1 aromatic heterocycles. The van der Waals surface area contributed by atoms with E-state index in [0.29, 0.717) is 13.0 Å². The second-order valence-electron chi connectivity index (χ2n) is 6.33. The van der Waals surface area contributed by atoms with Gasteiger partial charge >= 0.3 is 0 Å². The van der Waals surface area contributed by atoms with Crippen molar-refractivity contribution in [1.82, 2.24) is 4.57 Å². The Balaban J connectivity index is 1.62. The maximum atomic E-state index is 13.7. The lowest BCUT2D eigenvalue weighted by molar-refractivity contribution is -0.119. The zero-order chi connectivity index (χ0) is 17.2. The number of aromatic nitrogens is 1. The summed E-state index contributed by atoms with van der Waals surface area (Å²) in [4.78, 5) is 14.8. The van der Waals surface area contributed by atoms with Gasteiger partial charge in [-0.2, -0.15) is 0 Å². The Morgan fingerprint density at radius 2 is 1.84 bits per heavy atom. The molecule has 0 radical (unpaired) electrons. The molecule has 0 aliphatic carbocycles. The zero-order valence-corrected chi connectivity index (χ0v) is 13.8. The maximum absolute atomic E-state index is 13.7. The van der Waals surface area contributed by atoms with E-state index in [1.807, 2.05) is 58.3 Å². The predicted molar refractivity (Wildman–Crippen MR) is 96.1 cm³/mol. The van der Waals surface area contributed by atoms with Gasteiger partial charge in [0, 0.05) is 24.6 Å². The number of rotatable bonds is 4. The second-order valence-corrected chi connectivity index (χ2v) is 6.33. The van der Waals surface area contributed by atoms with Crippen molar-refractivity contribution in [3.63, 3.8) is 0 Å². The molecule has 4 rings (SSSR count). The van der Waals surface area contributed by atoms with E-state index in [1.165, 1.54) is 17.7 Å². The Labute approximate surface area is 146 Å². The molecular weight excluding hydrogens is 315 g/mol. The molecule has 0 N–H and O–H groups in total. The Kier molecular flexibility index (Phi) is 4.10. The molecular formula is C21H19FN2O. The fourth-order valence-corrected chi connectivity index (χ4v) is 3.54. The highest BCUT2D eigenvalue weighted by Gasteiger charge is 2.27. The maximum Gasteiger partial charge on any atom is 0.229 e. The molecule has 1 aliphatic rings. The van der Waals surface area contributed by atoms with E-state index in [-0.39, 0.29) is 17.8 Å². The molecule has 2 aromatic carbocycles. The van der Waals surface area contributed by atoms with Crippen LogP contribution in [0.2, 0.25) is 0 Å². The minimum Gasteiger partial charge on any atom is -0.346 e. The molecule has 0 spiro atoms. The van der Waals surface area contributed by atoms with Gasteiger partial charge in [-0.25, -0.2) is 4.39 Å². The first-order valence-corrected chi connectivity index (χ1v) is 8.48. The molecule has 1 aliphatic heterocycles. The summed E-state index contributed by atoms with van der Waals surface area (Å²) in [7, 11) is 0. The number of hydrogen-bond donors (Lipinski definition) is 0. The van der Waals surface area contributed by atoms with Crippen LogP contribution >= 0.6 is 0 Å². The molecule has 3 aromatic rings. The Morgan fingerprint density at radius 3 is 2.64 bits per heavy atom. The van der Waals surface area contributed by atoms with Crippen LogP contribution in [0.3, 0.4) is 0 Å². The van der Waals surface area contributed by atoms with Crippen molar-refractivity contribution in [1.29, 1.82) is 0 Å². The largest absolute Gasteiger partial charge is 0.346 e. The van der Waals surface area contributed by atoms with Crippen LogP contribution in [0.5, 0.6) is 0 Å². The summed E-state index contributed by atoms with van der Waals surface area (Å²) in [5, 5.41) is 0. The number of nitrogens with zero attached hydrogens (tertiary/aromatic N) is 2. The lowest BCUT2D eigenvalue weighted by atomic mass is 10.0. The first kappa shape index (κ1) is 15.6. The van der Waals surface area contributed by atoms with Gasteiger partial charge in [-0.1, -0.05) is 30.3 Å². The van der Waals surface area contributed by atoms with Crippen LogP contribution in [0, 0.1) is 5.82 Å². The van der Waals surface area contributed by atoms with E-state index in [4.69, 9.17) is 0 Å². The summed E-state index contributed by atoms with van der Waals surface area (Å²) in [5.41, 5.74) is 3.01. The van der Waals surface area contributed by atoms with Crippen LogP contribution in [0.1, 0.15) is 23.6 Å². The van der Waals surface area contributed by atoms with E-state index >= 15 is 0 Å². The Bertz CT molecular complexity index is 888. The van der Waals surface area contributed by atoms with E-state index < -0.39 is 0 Å². The molecule has 0 saturated heterocycles. The van der Waals surface area contributed by atoms with Gasteiger partial charge in [-0.05, 0) is 47.9 Å². The van der Waals surface area contributed by atoms with E-state index in [0.717, 1.165) is 17.7 Å². The molecule has 25 heavy (non-hydrogen) atoms. The number of halogens is 1. The van der Waals surface area contributed by atoms with Crippen molar-refractivity contribution in [3.8, 4) is 0 Å². The molecule has 1 amide bonds. The highest BCUT2D eigenvalue weighted by Crippen LogP contribution is 2.30. The number of fused-ring (bicyclic) bond motifs is 1. The highest BCUT2D eigenvalue weighted by atomic mass is 19.1. The third-order valence-corrected chi connectivity index (χ3v) is 4.78. The number of carbonyl (C=O) groups is 1. The molecule has 2 heterocycles. The minimum absolute atomic E-state index is 0.0629. The average Bonchev–Trinajstić information content (AvgIpc) is 3.29. The van der Waals surface area contributed by atoms with E-state index in [2.05, 4.69) is 6.07 Å². The average molecular weight is 334 g/mol. The van der Waals surface area contributed by atoms with E-state index in [1.54, 1.807) is 6.07 Å². The number of carbonyl (C=O) groups excluding carboxylic acids is 1. The lowest BCUT2D eigenvalue weighted by Gasteiger charge is -2.23. The molecule has 4 heteroatoms. The summed E-state index contributed by atoms with van der Waals surface area (Å²) in [6.45, 7) is 0.708. The van der Waals surface area contributed by atoms with E-state index in [9.17, 15) is 9.18 Å². The lowest BCUT2D eigenvalue weighted by Crippen LogP contribution is -2.31. The topological polar surface area (TPSA) is 25.2 Å². The zero-order valence-electron chi connectivity index (χ0n) is 13.8. The van der Waals surface area contributed by atoms with Crippen molar-refractivity contribution in [2.24, 2.45) is 0 Å². The molecule has 0 saturated carbocycles. The second kappa shape index (κ2) is 6.55. The number of benzene rings is 2. The van der Waals surface area contributed by atoms with Gasteiger partial charge in [0.2, 0.25) is 5.91 Å². The summed E-state index contributed by atoms with van der Waals surface area (Å²) < 4.78 is 15.7. The summed E-state index contributed by atoms with van der Waals surface area (Å²) >= 11 is 0. The van der Waals surface area contributed by atoms with Gasteiger partial charge in [0.05, 0.1) is 12.5 Å². The van der Waals surface area contributed by atoms with Crippen molar-refractivity contribution >= 4 is 11.6 Å². The molecule has 0 bridgehead atoms. The third-order valence-electron chi connectivity index (χ3n) is 4.78. The summed E-state index contributed by atoms with van der Waals surface area (Å²) in [6, 6.07) is 18.1. The number of amides is 1. The summed E-state index contributed by atoms with van der Waals surface area (Å²) in [5.74, 6) is -0.221. The van der Waals surface area contributed by atoms with Crippen LogP contribution in [-0.2, 0) is 11.2 Å². The van der Waals surface area contributed by atoms with Crippen molar-refractivity contribution in [2.45, 2.75) is 18.9 Å². The predicted octanol–water partition coefficient (Wildman–Crippen LogP) is 4.20. The van der Waals surface area contributed by atoms with Gasteiger partial charge in [-0.15, -0.1) is 0 Å². The smallest absolute Gasteiger partial charge is 0.229 e. The van der Waals surface area contributed by atoms with Gasteiger partial charge in [0.25, 0.3) is 0 Å². The number of anilines is 1. The molecule has 0 fully saturated rings. The fraction of sp³-hybridized carbons (Fsp3) is 0.190. The third kappa shape index (κ3) is 3.07. The van der Waals surface area contributed by atoms with Crippen LogP contribution in [0.25, 0.3) is 0 Å². The van der Waals surface area contributed by atoms with Gasteiger partial charge in [-0.3, -0.25) is 4.79 Å². The molecule has 0 unspecified atom stereocenters. The molecule has 1 atom stereocenters. The number of hydrogen-bond acceptors (Lipinski definition) is 1. The first-order chi connectivity index (χ1) is 12.2. The fourth-order valence-electron chi connectivity index (χ4n) is 3.54. The Morgan fingerprint density at radius 1 is 1.04 bits per heavy atom. The van der Waals surface area contributed by atoms with Crippen LogP contribution in [0.4, 0.5) is 10.1 Å². The Hall–Kier alpha value is -2.88. The quantitative estimate of drug-likeness (QED) is 0.702. The van der Waals surface area contributed by atoms with Crippen LogP contribution < -0.4 is 4.90 Å². The van der Waals surface area contributed by atoms with Crippen LogP contribution in [-0.4, -0.2) is 17.0 Å². The van der Waals surface area contributed by atoms with Crippen molar-refractivity contribution < 1.29 is 9.18 Å². The minimum atomic E-state index is -0.284. The molecule has 3 nitrogen and oxygen atoms in total. The SMILES string of the molecule is O=C(C[C@H](c1cccc(F)c1)n1cccc1)N1CCc2ccccc21. The normalized spacial score (nSPS) is 14.4.